The summed E-state index contributed by atoms with van der Waals surface area (Å²) in [5, 5.41) is 74.6. The highest BCUT2D eigenvalue weighted by atomic mass is 16.7. The molecule has 0 aromatic heterocycles. The number of hydrogen-bond donors (Lipinski definition) is 10. The van der Waals surface area contributed by atoms with Gasteiger partial charge < -0.3 is 71.5 Å². The van der Waals surface area contributed by atoms with Crippen LogP contribution >= 0.6 is 0 Å². The van der Waals surface area contributed by atoms with Gasteiger partial charge in [-0.25, -0.2) is 0 Å². The molecule has 15 nitrogen and oxygen atoms in total. The molecule has 15 atom stereocenters. The zero-order valence-corrected chi connectivity index (χ0v) is 21.5. The largest absolute Gasteiger partial charge is 0.394 e. The van der Waals surface area contributed by atoms with E-state index in [1.54, 1.807) is 6.92 Å². The van der Waals surface area contributed by atoms with Crippen LogP contribution in [0.25, 0.3) is 0 Å². The molecule has 3 aliphatic rings. The van der Waals surface area contributed by atoms with Gasteiger partial charge in [-0.1, -0.05) is 20.3 Å². The molecular weight excluding hydrogens is 510 g/mol. The number of nitrogens with two attached hydrogens (primary N) is 2. The molecule has 2 heterocycles. The third kappa shape index (κ3) is 6.63. The Hall–Kier alpha value is -1.05. The number of carbonyl (C=O) groups excluding carboxylic acids is 1. The summed E-state index contributed by atoms with van der Waals surface area (Å²) in [6.07, 6.45) is -14.7. The van der Waals surface area contributed by atoms with Crippen LogP contribution in [0.15, 0.2) is 0 Å². The van der Waals surface area contributed by atoms with Crippen LogP contribution < -0.4 is 16.8 Å². The first kappa shape index (κ1) is 31.5. The first-order valence-electron chi connectivity index (χ1n) is 13.0. The van der Waals surface area contributed by atoms with Crippen LogP contribution in [0.1, 0.15) is 33.1 Å². The smallest absolute Gasteiger partial charge is 0.249 e. The second-order valence-electron chi connectivity index (χ2n) is 10.4. The van der Waals surface area contributed by atoms with Gasteiger partial charge in [0.2, 0.25) is 5.91 Å². The Morgan fingerprint density at radius 3 is 2.16 bits per heavy atom. The summed E-state index contributed by atoms with van der Waals surface area (Å²) in [6, 6.07) is -2.11. The molecular formula is C23H43N3O12. The lowest BCUT2D eigenvalue weighted by atomic mass is 9.79. The molecule has 6 unspecified atom stereocenters. The lowest BCUT2D eigenvalue weighted by molar-refractivity contribution is -0.315. The van der Waals surface area contributed by atoms with E-state index in [-0.39, 0.29) is 19.4 Å². The Kier molecular flexibility index (Phi) is 11.2. The molecule has 0 aromatic carbocycles. The number of aliphatic hydroxyl groups excluding tert-OH is 7. The van der Waals surface area contributed by atoms with Gasteiger partial charge in [-0.15, -0.1) is 0 Å². The molecule has 0 radical (unpaired) electrons. The predicted octanol–water partition coefficient (Wildman–Crippen LogP) is -5.02. The van der Waals surface area contributed by atoms with Crippen molar-refractivity contribution in [2.75, 3.05) is 13.2 Å². The summed E-state index contributed by atoms with van der Waals surface area (Å²) in [5.41, 5.74) is 11.6. The van der Waals surface area contributed by atoms with E-state index >= 15 is 0 Å². The third-order valence-corrected chi connectivity index (χ3v) is 7.51. The second kappa shape index (κ2) is 13.5. The van der Waals surface area contributed by atoms with Crippen molar-refractivity contribution >= 4 is 5.91 Å². The van der Waals surface area contributed by atoms with E-state index in [4.69, 9.17) is 30.4 Å². The van der Waals surface area contributed by atoms with Gasteiger partial charge in [-0.05, 0) is 18.8 Å². The van der Waals surface area contributed by atoms with Crippen molar-refractivity contribution < 1.29 is 59.5 Å². The summed E-state index contributed by atoms with van der Waals surface area (Å²) in [5.74, 6) is -1.13. The van der Waals surface area contributed by atoms with Crippen molar-refractivity contribution in [2.24, 2.45) is 17.4 Å². The highest BCUT2D eigenvalue weighted by Crippen LogP contribution is 2.35. The fourth-order valence-electron chi connectivity index (χ4n) is 5.18. The van der Waals surface area contributed by atoms with Crippen LogP contribution in [0.4, 0.5) is 0 Å². The number of nitrogens with one attached hydrogen (secondary N) is 1. The van der Waals surface area contributed by atoms with E-state index in [2.05, 4.69) is 5.32 Å². The molecule has 3 fully saturated rings. The summed E-state index contributed by atoms with van der Waals surface area (Å²) in [6.45, 7) is 2.82. The van der Waals surface area contributed by atoms with E-state index in [0.29, 0.717) is 6.42 Å². The summed E-state index contributed by atoms with van der Waals surface area (Å²) in [4.78, 5) is 12.5. The van der Waals surface area contributed by atoms with Crippen LogP contribution in [-0.2, 0) is 23.7 Å². The Morgan fingerprint density at radius 2 is 1.58 bits per heavy atom. The fraction of sp³-hybridized carbons (Fsp3) is 0.957. The molecule has 0 aromatic rings. The molecule has 0 bridgehead atoms. The number of amides is 1. The van der Waals surface area contributed by atoms with E-state index in [1.807, 2.05) is 6.92 Å². The molecule has 38 heavy (non-hydrogen) atoms. The van der Waals surface area contributed by atoms with Gasteiger partial charge in [0.15, 0.2) is 12.6 Å². The van der Waals surface area contributed by atoms with Crippen molar-refractivity contribution in [1.82, 2.24) is 5.32 Å². The Labute approximate surface area is 220 Å². The number of ether oxygens (including phenoxy) is 4. The molecule has 1 amide bonds. The first-order chi connectivity index (χ1) is 17.9. The molecule has 1 saturated carbocycles. The predicted molar refractivity (Wildman–Crippen MR) is 128 cm³/mol. The van der Waals surface area contributed by atoms with E-state index in [1.165, 1.54) is 0 Å². The Balaban J connectivity index is 1.84. The SMILES string of the molecule is CCC[C@H](O)C(=O)N[C@@H]1CC(C)[C@@H](O[C@H]2OC(CO)[C@@H](O)C(O)C2N)C(O[C@@H]2O[C@H](CN)C(O)[C@@H]2O)[C@@H]1O. The molecule has 12 N–H and O–H groups in total. The van der Waals surface area contributed by atoms with Gasteiger partial charge in [0.25, 0.3) is 0 Å². The molecule has 222 valence electrons. The minimum absolute atomic E-state index is 0.108. The second-order valence-corrected chi connectivity index (χ2v) is 10.4. The molecule has 15 heteroatoms. The van der Waals surface area contributed by atoms with E-state index in [9.17, 15) is 40.5 Å². The standard InChI is InChI=1S/C23H43N3O12/c1-3-4-10(28)21(34)26-9-5-8(2)19(37-22-13(25)17(32)16(31)12(7-27)36-22)20(14(9)29)38-23-18(33)15(30)11(6-24)35-23/h8-20,22-23,27-33H,3-7,24-25H2,1-2H3,(H,26,34)/t8?,9-,10+,11-,12?,13?,14-,15?,16-,17?,18+,19-,20?,22-,23+/m1/s1. The summed E-state index contributed by atoms with van der Waals surface area (Å²) >= 11 is 0. The monoisotopic (exact) mass is 553 g/mol. The fourth-order valence-corrected chi connectivity index (χ4v) is 5.18. The average molecular weight is 554 g/mol. The van der Waals surface area contributed by atoms with Gasteiger partial charge in [0, 0.05) is 6.54 Å². The van der Waals surface area contributed by atoms with Crippen molar-refractivity contribution in [1.29, 1.82) is 0 Å². The van der Waals surface area contributed by atoms with Gasteiger partial charge in [0.05, 0.1) is 24.8 Å². The topological polar surface area (TPSA) is 260 Å². The minimum Gasteiger partial charge on any atom is -0.394 e. The van der Waals surface area contributed by atoms with Crippen LogP contribution in [0.3, 0.4) is 0 Å². The van der Waals surface area contributed by atoms with Crippen molar-refractivity contribution in [3.8, 4) is 0 Å². The lowest BCUT2D eigenvalue weighted by Gasteiger charge is -2.48. The average Bonchev–Trinajstić information content (AvgIpc) is 3.16. The maximum Gasteiger partial charge on any atom is 0.249 e. The van der Waals surface area contributed by atoms with E-state index in [0.717, 1.165) is 0 Å². The molecule has 0 spiro atoms. The maximum atomic E-state index is 12.5. The lowest BCUT2D eigenvalue weighted by Crippen LogP contribution is -2.66. The van der Waals surface area contributed by atoms with Gasteiger partial charge in [-0.3, -0.25) is 4.79 Å². The van der Waals surface area contributed by atoms with E-state index < -0.39 is 104 Å². The van der Waals surface area contributed by atoms with Crippen LogP contribution in [0, 0.1) is 5.92 Å². The van der Waals surface area contributed by atoms with Crippen LogP contribution in [0.5, 0.6) is 0 Å². The number of carbonyl (C=O) groups is 1. The molecule has 2 aliphatic heterocycles. The van der Waals surface area contributed by atoms with Gasteiger partial charge in [-0.2, -0.15) is 0 Å². The third-order valence-electron chi connectivity index (χ3n) is 7.51. The van der Waals surface area contributed by atoms with Crippen LogP contribution in [-0.4, -0.2) is 141 Å². The number of hydrogen-bond acceptors (Lipinski definition) is 14. The van der Waals surface area contributed by atoms with Crippen molar-refractivity contribution in [3.05, 3.63) is 0 Å². The Bertz CT molecular complexity index is 765. The maximum absolute atomic E-state index is 12.5. The Morgan fingerprint density at radius 1 is 0.974 bits per heavy atom. The minimum atomic E-state index is -1.50. The zero-order valence-electron chi connectivity index (χ0n) is 21.5. The molecule has 3 rings (SSSR count). The highest BCUT2D eigenvalue weighted by molar-refractivity contribution is 5.80. The van der Waals surface area contributed by atoms with Crippen LogP contribution in [0.2, 0.25) is 0 Å². The first-order valence-corrected chi connectivity index (χ1v) is 13.0. The highest BCUT2D eigenvalue weighted by Gasteiger charge is 2.52. The zero-order chi connectivity index (χ0) is 28.3. The normalized spacial score (nSPS) is 46.6. The van der Waals surface area contributed by atoms with Gasteiger partial charge >= 0.3 is 0 Å². The van der Waals surface area contributed by atoms with Crippen molar-refractivity contribution in [3.63, 3.8) is 0 Å². The summed E-state index contributed by atoms with van der Waals surface area (Å²) < 4.78 is 23.1. The quantitative estimate of drug-likeness (QED) is 0.121. The molecule has 2 saturated heterocycles. The summed E-state index contributed by atoms with van der Waals surface area (Å²) in [7, 11) is 0. The molecule has 1 aliphatic carbocycles. The van der Waals surface area contributed by atoms with Gasteiger partial charge in [0.1, 0.15) is 54.9 Å². The number of aliphatic hydroxyl groups is 7. The van der Waals surface area contributed by atoms with Crippen molar-refractivity contribution in [2.45, 2.75) is 119 Å². The number of rotatable bonds is 10.